The van der Waals surface area contributed by atoms with Crippen LogP contribution in [0.15, 0.2) is 47.4 Å². The van der Waals surface area contributed by atoms with Crippen molar-refractivity contribution in [3.05, 3.63) is 75.3 Å². The van der Waals surface area contributed by atoms with Gasteiger partial charge in [-0.3, -0.25) is 9.78 Å². The highest BCUT2D eigenvalue weighted by Gasteiger charge is 2.09. The van der Waals surface area contributed by atoms with Crippen molar-refractivity contribution in [1.29, 1.82) is 0 Å². The Bertz CT molecular complexity index is 904. The minimum absolute atomic E-state index is 0.0117. The number of hydrogen-bond acceptors (Lipinski definition) is 4. The molecular formula is C19H21N3O2. The van der Waals surface area contributed by atoms with Crippen molar-refractivity contribution in [3.63, 3.8) is 0 Å². The van der Waals surface area contributed by atoms with E-state index in [1.54, 1.807) is 18.3 Å². The van der Waals surface area contributed by atoms with Gasteiger partial charge in [-0.1, -0.05) is 12.1 Å². The molecule has 0 saturated heterocycles. The van der Waals surface area contributed by atoms with Crippen LogP contribution in [0.4, 0.5) is 0 Å². The minimum Gasteiger partial charge on any atom is -0.385 e. The molecule has 0 fully saturated rings. The van der Waals surface area contributed by atoms with Crippen LogP contribution < -0.4 is 10.7 Å². The van der Waals surface area contributed by atoms with Crippen molar-refractivity contribution >= 4 is 10.9 Å². The van der Waals surface area contributed by atoms with Gasteiger partial charge < -0.3 is 15.4 Å². The molecule has 1 atom stereocenters. The molecule has 0 aliphatic carbocycles. The van der Waals surface area contributed by atoms with Crippen LogP contribution in [0.1, 0.15) is 28.6 Å². The van der Waals surface area contributed by atoms with Gasteiger partial charge in [-0.2, -0.15) is 0 Å². The van der Waals surface area contributed by atoms with Gasteiger partial charge in [-0.25, -0.2) is 0 Å². The largest absolute Gasteiger partial charge is 0.385 e. The lowest BCUT2D eigenvalue weighted by molar-refractivity contribution is 0.169. The molecule has 3 rings (SSSR count). The zero-order valence-corrected chi connectivity index (χ0v) is 13.8. The molecule has 0 aliphatic rings. The summed E-state index contributed by atoms with van der Waals surface area (Å²) in [6.45, 7) is 4.82. The molecule has 0 bridgehead atoms. The van der Waals surface area contributed by atoms with E-state index in [-0.39, 0.29) is 5.43 Å². The van der Waals surface area contributed by atoms with Crippen LogP contribution in [0, 0.1) is 13.8 Å². The van der Waals surface area contributed by atoms with Crippen LogP contribution in [0.2, 0.25) is 0 Å². The number of benzene rings is 1. The first kappa shape index (κ1) is 16.4. The van der Waals surface area contributed by atoms with Gasteiger partial charge in [0.25, 0.3) is 0 Å². The van der Waals surface area contributed by atoms with Crippen LogP contribution in [0.25, 0.3) is 10.9 Å². The summed E-state index contributed by atoms with van der Waals surface area (Å²) in [6.07, 6.45) is 0.979. The first-order chi connectivity index (χ1) is 11.5. The van der Waals surface area contributed by atoms with Gasteiger partial charge in [-0.15, -0.1) is 0 Å². The number of pyridine rings is 2. The van der Waals surface area contributed by atoms with E-state index < -0.39 is 6.10 Å². The van der Waals surface area contributed by atoms with Crippen LogP contribution in [-0.2, 0) is 6.54 Å². The number of aromatic amines is 1. The number of hydrogen-bond donors (Lipinski definition) is 3. The summed E-state index contributed by atoms with van der Waals surface area (Å²) in [5, 5.41) is 14.0. The molecular weight excluding hydrogens is 302 g/mol. The van der Waals surface area contributed by atoms with E-state index in [0.717, 1.165) is 22.3 Å². The molecule has 0 saturated carbocycles. The Morgan fingerprint density at radius 1 is 1.25 bits per heavy atom. The number of fused-ring (bicyclic) bond motifs is 1. The van der Waals surface area contributed by atoms with E-state index in [2.05, 4.69) is 21.4 Å². The number of aliphatic hydroxyl groups is 1. The molecule has 2 heterocycles. The number of aromatic nitrogens is 2. The maximum Gasteiger partial charge on any atom is 0.189 e. The Kier molecular flexibility index (Phi) is 4.74. The van der Waals surface area contributed by atoms with Gasteiger partial charge in [0.05, 0.1) is 11.2 Å². The monoisotopic (exact) mass is 323 g/mol. The Hall–Kier alpha value is -2.50. The molecule has 24 heavy (non-hydrogen) atoms. The summed E-state index contributed by atoms with van der Waals surface area (Å²) < 4.78 is 0. The molecule has 2 aromatic heterocycles. The molecule has 0 radical (unpaired) electrons. The summed E-state index contributed by atoms with van der Waals surface area (Å²) in [4.78, 5) is 19.8. The van der Waals surface area contributed by atoms with E-state index in [1.165, 1.54) is 0 Å². The lowest BCUT2D eigenvalue weighted by Gasteiger charge is -2.12. The zero-order chi connectivity index (χ0) is 17.1. The first-order valence-corrected chi connectivity index (χ1v) is 7.97. The topological polar surface area (TPSA) is 78.0 Å². The van der Waals surface area contributed by atoms with Crippen LogP contribution in [0.5, 0.6) is 0 Å². The van der Waals surface area contributed by atoms with Gasteiger partial charge in [0, 0.05) is 36.4 Å². The third-order valence-corrected chi connectivity index (χ3v) is 4.02. The third kappa shape index (κ3) is 3.53. The smallest absolute Gasteiger partial charge is 0.189 e. The Balaban J connectivity index is 1.73. The fraction of sp³-hybridized carbons (Fsp3) is 0.263. The standard InChI is InChI=1S/C19H21N3O2/c1-12-7-13(2)19-15(8-12)17(23)9-14(22-19)10-20-11-18(24)16-5-3-4-6-21-16/h3-9,18,20,24H,10-11H2,1-2H3,(H,22,23)/t18-/m1/s1. The number of aryl methyl sites for hydroxylation is 2. The lowest BCUT2D eigenvalue weighted by Crippen LogP contribution is -2.23. The highest BCUT2D eigenvalue weighted by molar-refractivity contribution is 5.82. The van der Waals surface area contributed by atoms with E-state index >= 15 is 0 Å². The molecule has 1 aromatic carbocycles. The van der Waals surface area contributed by atoms with Gasteiger partial charge in [0.1, 0.15) is 6.10 Å². The van der Waals surface area contributed by atoms with Crippen LogP contribution in [0.3, 0.4) is 0 Å². The summed E-state index contributed by atoms with van der Waals surface area (Å²) >= 11 is 0. The van der Waals surface area contributed by atoms with Crippen LogP contribution >= 0.6 is 0 Å². The molecule has 5 heteroatoms. The molecule has 124 valence electrons. The van der Waals surface area contributed by atoms with E-state index in [9.17, 15) is 9.90 Å². The third-order valence-electron chi connectivity index (χ3n) is 4.02. The number of H-pyrrole nitrogens is 1. The Labute approximate surface area is 140 Å². The molecule has 0 unspecified atom stereocenters. The van der Waals surface area contributed by atoms with E-state index in [1.807, 2.05) is 32.0 Å². The van der Waals surface area contributed by atoms with Gasteiger partial charge in [0.2, 0.25) is 0 Å². The molecule has 0 amide bonds. The van der Waals surface area contributed by atoms with Crippen LogP contribution in [-0.4, -0.2) is 21.6 Å². The van der Waals surface area contributed by atoms with Crippen molar-refractivity contribution in [2.45, 2.75) is 26.5 Å². The maximum absolute atomic E-state index is 12.3. The zero-order valence-electron chi connectivity index (χ0n) is 13.8. The van der Waals surface area contributed by atoms with Crippen molar-refractivity contribution < 1.29 is 5.11 Å². The maximum atomic E-state index is 12.3. The number of nitrogens with zero attached hydrogens (tertiary/aromatic N) is 1. The lowest BCUT2D eigenvalue weighted by atomic mass is 10.1. The predicted molar refractivity (Wildman–Crippen MR) is 94.9 cm³/mol. The summed E-state index contributed by atoms with van der Waals surface area (Å²) in [6, 6.07) is 11.0. The van der Waals surface area contributed by atoms with E-state index in [0.29, 0.717) is 24.2 Å². The highest BCUT2D eigenvalue weighted by atomic mass is 16.3. The molecule has 5 nitrogen and oxygen atoms in total. The van der Waals surface area contributed by atoms with Crippen molar-refractivity contribution in [2.24, 2.45) is 0 Å². The number of aliphatic hydroxyl groups excluding tert-OH is 1. The van der Waals surface area contributed by atoms with Gasteiger partial charge in [0.15, 0.2) is 5.43 Å². The second-order valence-corrected chi connectivity index (χ2v) is 6.06. The Morgan fingerprint density at radius 3 is 2.83 bits per heavy atom. The summed E-state index contributed by atoms with van der Waals surface area (Å²) in [7, 11) is 0. The highest BCUT2D eigenvalue weighted by Crippen LogP contribution is 2.16. The second kappa shape index (κ2) is 6.95. The fourth-order valence-corrected chi connectivity index (χ4v) is 2.88. The predicted octanol–water partition coefficient (Wildman–Crippen LogP) is 2.36. The summed E-state index contributed by atoms with van der Waals surface area (Å²) in [5.74, 6) is 0. The SMILES string of the molecule is Cc1cc(C)c2[nH]c(CNC[C@@H](O)c3ccccn3)cc(=O)c2c1. The normalized spacial score (nSPS) is 12.5. The van der Waals surface area contributed by atoms with Crippen molar-refractivity contribution in [3.8, 4) is 0 Å². The molecule has 3 aromatic rings. The molecule has 3 N–H and O–H groups in total. The number of rotatable bonds is 5. The summed E-state index contributed by atoms with van der Waals surface area (Å²) in [5.41, 5.74) is 4.44. The van der Waals surface area contributed by atoms with Gasteiger partial charge >= 0.3 is 0 Å². The average Bonchev–Trinajstić information content (AvgIpc) is 2.57. The molecule has 0 spiro atoms. The van der Waals surface area contributed by atoms with Crippen molar-refractivity contribution in [1.82, 2.24) is 15.3 Å². The van der Waals surface area contributed by atoms with Crippen molar-refractivity contribution in [2.75, 3.05) is 6.54 Å². The number of nitrogens with one attached hydrogen (secondary N) is 2. The van der Waals surface area contributed by atoms with Gasteiger partial charge in [-0.05, 0) is 43.2 Å². The minimum atomic E-state index is -0.678. The molecule has 0 aliphatic heterocycles. The average molecular weight is 323 g/mol. The first-order valence-electron chi connectivity index (χ1n) is 7.97. The quantitative estimate of drug-likeness (QED) is 0.673. The van der Waals surface area contributed by atoms with E-state index in [4.69, 9.17) is 0 Å². The fourth-order valence-electron chi connectivity index (χ4n) is 2.88. The Morgan fingerprint density at radius 2 is 2.08 bits per heavy atom. The second-order valence-electron chi connectivity index (χ2n) is 6.06.